The van der Waals surface area contributed by atoms with Crippen molar-refractivity contribution in [2.75, 3.05) is 6.54 Å². The van der Waals surface area contributed by atoms with Crippen molar-refractivity contribution in [3.8, 4) is 0 Å². The second-order valence-corrected chi connectivity index (χ2v) is 3.10. The van der Waals surface area contributed by atoms with Crippen molar-refractivity contribution in [2.24, 2.45) is 5.92 Å². The maximum atomic E-state index is 9.76. The lowest BCUT2D eigenvalue weighted by atomic mass is 9.96. The van der Waals surface area contributed by atoms with E-state index in [2.05, 4.69) is 11.9 Å². The highest BCUT2D eigenvalue weighted by Crippen LogP contribution is 2.16. The van der Waals surface area contributed by atoms with Crippen molar-refractivity contribution in [1.29, 1.82) is 0 Å². The highest BCUT2D eigenvalue weighted by atomic mass is 16.3. The zero-order valence-electron chi connectivity index (χ0n) is 7.72. The highest BCUT2D eigenvalue weighted by molar-refractivity contribution is 4.81. The molecule has 0 aromatic carbocycles. The standard InChI is InChI=1S/C9H19NO/c1-5-7-8(3)9(4,11)10-6-2/h5,8,10-11H,1,6-7H2,2-4H3. The summed E-state index contributed by atoms with van der Waals surface area (Å²) >= 11 is 0. The summed E-state index contributed by atoms with van der Waals surface area (Å²) in [5.41, 5.74) is -0.761. The minimum atomic E-state index is -0.761. The molecule has 0 rings (SSSR count). The summed E-state index contributed by atoms with van der Waals surface area (Å²) in [6, 6.07) is 0. The highest BCUT2D eigenvalue weighted by Gasteiger charge is 2.25. The molecular formula is C9H19NO. The van der Waals surface area contributed by atoms with Crippen LogP contribution in [0.3, 0.4) is 0 Å². The van der Waals surface area contributed by atoms with Gasteiger partial charge in [-0.1, -0.05) is 19.9 Å². The fourth-order valence-electron chi connectivity index (χ4n) is 1.01. The topological polar surface area (TPSA) is 32.3 Å². The average molecular weight is 157 g/mol. The van der Waals surface area contributed by atoms with Crippen LogP contribution in [0.15, 0.2) is 12.7 Å². The van der Waals surface area contributed by atoms with E-state index in [4.69, 9.17) is 0 Å². The molecule has 0 saturated carbocycles. The Morgan fingerprint density at radius 2 is 2.27 bits per heavy atom. The van der Waals surface area contributed by atoms with Crippen LogP contribution < -0.4 is 5.32 Å². The number of hydrogen-bond donors (Lipinski definition) is 2. The smallest absolute Gasteiger partial charge is 0.116 e. The van der Waals surface area contributed by atoms with Crippen LogP contribution >= 0.6 is 0 Å². The first-order valence-corrected chi connectivity index (χ1v) is 4.13. The monoisotopic (exact) mass is 157 g/mol. The summed E-state index contributed by atoms with van der Waals surface area (Å²) in [5, 5.41) is 12.8. The maximum Gasteiger partial charge on any atom is 0.116 e. The first kappa shape index (κ1) is 10.7. The molecule has 0 aromatic heterocycles. The molecule has 0 amide bonds. The quantitative estimate of drug-likeness (QED) is 0.468. The molecule has 0 aliphatic carbocycles. The van der Waals surface area contributed by atoms with E-state index in [9.17, 15) is 5.11 Å². The summed E-state index contributed by atoms with van der Waals surface area (Å²) in [5.74, 6) is 0.208. The summed E-state index contributed by atoms with van der Waals surface area (Å²) in [4.78, 5) is 0. The van der Waals surface area contributed by atoms with Crippen LogP contribution in [-0.2, 0) is 0 Å². The molecule has 0 radical (unpaired) electrons. The molecule has 2 N–H and O–H groups in total. The first-order chi connectivity index (χ1) is 5.04. The summed E-state index contributed by atoms with van der Waals surface area (Å²) in [6.45, 7) is 10.2. The summed E-state index contributed by atoms with van der Waals surface area (Å²) < 4.78 is 0. The van der Waals surface area contributed by atoms with Gasteiger partial charge in [0.1, 0.15) is 5.72 Å². The van der Waals surface area contributed by atoms with E-state index in [-0.39, 0.29) is 5.92 Å². The van der Waals surface area contributed by atoms with Gasteiger partial charge in [0.15, 0.2) is 0 Å². The van der Waals surface area contributed by atoms with Crippen molar-refractivity contribution >= 4 is 0 Å². The van der Waals surface area contributed by atoms with Gasteiger partial charge in [0, 0.05) is 5.92 Å². The van der Waals surface area contributed by atoms with Crippen molar-refractivity contribution in [1.82, 2.24) is 5.32 Å². The Bertz CT molecular complexity index is 121. The van der Waals surface area contributed by atoms with Gasteiger partial charge in [-0.25, -0.2) is 0 Å². The molecular weight excluding hydrogens is 138 g/mol. The third-order valence-electron chi connectivity index (χ3n) is 2.01. The van der Waals surface area contributed by atoms with Crippen LogP contribution in [0.4, 0.5) is 0 Å². The van der Waals surface area contributed by atoms with Crippen LogP contribution in [-0.4, -0.2) is 17.4 Å². The molecule has 0 fully saturated rings. The van der Waals surface area contributed by atoms with Crippen LogP contribution in [0.1, 0.15) is 27.2 Å². The molecule has 0 spiro atoms. The molecule has 0 aromatic rings. The first-order valence-electron chi connectivity index (χ1n) is 4.13. The Labute approximate surface area is 69.3 Å². The molecule has 0 aliphatic heterocycles. The minimum absolute atomic E-state index is 0.208. The second-order valence-electron chi connectivity index (χ2n) is 3.10. The summed E-state index contributed by atoms with van der Waals surface area (Å²) in [7, 11) is 0. The van der Waals surface area contributed by atoms with Gasteiger partial charge in [0.2, 0.25) is 0 Å². The molecule has 0 bridgehead atoms. The third kappa shape index (κ3) is 3.54. The average Bonchev–Trinajstić information content (AvgIpc) is 1.88. The molecule has 11 heavy (non-hydrogen) atoms. The summed E-state index contributed by atoms with van der Waals surface area (Å²) in [6.07, 6.45) is 2.66. The van der Waals surface area contributed by atoms with Gasteiger partial charge in [-0.3, -0.25) is 5.32 Å². The predicted octanol–water partition coefficient (Wildman–Crippen LogP) is 1.52. The van der Waals surface area contributed by atoms with E-state index in [1.54, 1.807) is 6.92 Å². The number of allylic oxidation sites excluding steroid dienone is 1. The van der Waals surface area contributed by atoms with Gasteiger partial charge in [0.25, 0.3) is 0 Å². The van der Waals surface area contributed by atoms with Crippen LogP contribution in [0.2, 0.25) is 0 Å². The molecule has 2 nitrogen and oxygen atoms in total. The molecule has 0 aliphatic rings. The van der Waals surface area contributed by atoms with Crippen molar-refractivity contribution < 1.29 is 5.11 Å². The fraction of sp³-hybridized carbons (Fsp3) is 0.778. The van der Waals surface area contributed by atoms with E-state index in [0.717, 1.165) is 13.0 Å². The lowest BCUT2D eigenvalue weighted by molar-refractivity contribution is -0.0235. The maximum absolute atomic E-state index is 9.76. The molecule has 0 saturated heterocycles. The predicted molar refractivity (Wildman–Crippen MR) is 48.3 cm³/mol. The van der Waals surface area contributed by atoms with Crippen molar-refractivity contribution in [2.45, 2.75) is 32.9 Å². The Morgan fingerprint density at radius 1 is 1.73 bits per heavy atom. The lowest BCUT2D eigenvalue weighted by Crippen LogP contribution is -2.47. The Kier molecular flexibility index (Phi) is 4.38. The van der Waals surface area contributed by atoms with Crippen molar-refractivity contribution in [3.05, 3.63) is 12.7 Å². The SMILES string of the molecule is C=CCC(C)C(C)(O)NCC. The second kappa shape index (κ2) is 4.52. The van der Waals surface area contributed by atoms with Gasteiger partial charge in [-0.05, 0) is 19.9 Å². The van der Waals surface area contributed by atoms with E-state index < -0.39 is 5.72 Å². The van der Waals surface area contributed by atoms with E-state index in [0.29, 0.717) is 0 Å². The Balaban J connectivity index is 3.93. The lowest BCUT2D eigenvalue weighted by Gasteiger charge is -2.30. The normalized spacial score (nSPS) is 18.9. The van der Waals surface area contributed by atoms with Crippen LogP contribution in [0, 0.1) is 5.92 Å². The van der Waals surface area contributed by atoms with E-state index in [1.165, 1.54) is 0 Å². The van der Waals surface area contributed by atoms with Gasteiger partial charge in [-0.2, -0.15) is 0 Å². The molecule has 2 unspecified atom stereocenters. The zero-order chi connectivity index (χ0) is 8.91. The minimum Gasteiger partial charge on any atom is -0.376 e. The fourth-order valence-corrected chi connectivity index (χ4v) is 1.01. The van der Waals surface area contributed by atoms with E-state index >= 15 is 0 Å². The van der Waals surface area contributed by atoms with Crippen LogP contribution in [0.25, 0.3) is 0 Å². The van der Waals surface area contributed by atoms with Gasteiger partial charge in [0.05, 0.1) is 0 Å². The van der Waals surface area contributed by atoms with E-state index in [1.807, 2.05) is 19.9 Å². The van der Waals surface area contributed by atoms with Crippen molar-refractivity contribution in [3.63, 3.8) is 0 Å². The molecule has 2 atom stereocenters. The Morgan fingerprint density at radius 3 is 2.64 bits per heavy atom. The molecule has 66 valence electrons. The van der Waals surface area contributed by atoms with Gasteiger partial charge >= 0.3 is 0 Å². The zero-order valence-corrected chi connectivity index (χ0v) is 7.72. The molecule has 2 heteroatoms. The van der Waals surface area contributed by atoms with Gasteiger partial charge in [-0.15, -0.1) is 6.58 Å². The Hall–Kier alpha value is -0.340. The largest absolute Gasteiger partial charge is 0.376 e. The third-order valence-corrected chi connectivity index (χ3v) is 2.01. The number of aliphatic hydroxyl groups is 1. The molecule has 0 heterocycles. The van der Waals surface area contributed by atoms with Gasteiger partial charge < -0.3 is 5.11 Å². The number of nitrogens with one attached hydrogen (secondary N) is 1. The van der Waals surface area contributed by atoms with Crippen LogP contribution in [0.5, 0.6) is 0 Å². The number of rotatable bonds is 5. The number of hydrogen-bond acceptors (Lipinski definition) is 2.